The number of thiophene rings is 1. The first-order chi connectivity index (χ1) is 15.6. The number of nitrogens with one attached hydrogen (secondary N) is 1. The van der Waals surface area contributed by atoms with E-state index in [-0.39, 0.29) is 23.0 Å². The van der Waals surface area contributed by atoms with Gasteiger partial charge in [-0.2, -0.15) is 0 Å². The number of anilines is 3. The molecule has 7 nitrogen and oxygen atoms in total. The zero-order valence-electron chi connectivity index (χ0n) is 17.5. The maximum absolute atomic E-state index is 13.1. The van der Waals surface area contributed by atoms with Gasteiger partial charge < -0.3 is 21.1 Å². The van der Waals surface area contributed by atoms with Crippen molar-refractivity contribution in [3.8, 4) is 5.75 Å². The van der Waals surface area contributed by atoms with Gasteiger partial charge in [-0.1, -0.05) is 24.3 Å². The van der Waals surface area contributed by atoms with Crippen molar-refractivity contribution in [2.24, 2.45) is 0 Å². The maximum Gasteiger partial charge on any atom is 0.255 e. The fraction of sp³-hybridized carbons (Fsp3) is 0.125. The van der Waals surface area contributed by atoms with E-state index in [1.165, 1.54) is 11.3 Å². The molecule has 1 atom stereocenters. The zero-order chi connectivity index (χ0) is 22.5. The number of nitrogens with two attached hydrogens (primary N) is 1. The lowest BCUT2D eigenvalue weighted by Gasteiger charge is -2.22. The lowest BCUT2D eigenvalue weighted by atomic mass is 10.0. The average Bonchev–Trinajstić information content (AvgIpc) is 3.33. The van der Waals surface area contributed by atoms with E-state index in [1.807, 2.05) is 53.6 Å². The smallest absolute Gasteiger partial charge is 0.255 e. The number of rotatable bonds is 7. The van der Waals surface area contributed by atoms with E-state index in [1.54, 1.807) is 36.5 Å². The molecular formula is C24H23N5O2S. The highest BCUT2D eigenvalue weighted by molar-refractivity contribution is 7.10. The van der Waals surface area contributed by atoms with Gasteiger partial charge in [0.05, 0.1) is 11.6 Å². The largest absolute Gasteiger partial charge is 0.508 e. The van der Waals surface area contributed by atoms with Crippen LogP contribution in [0.3, 0.4) is 0 Å². The minimum atomic E-state index is -0.422. The number of phenols is 1. The standard InChI is InChI=1S/C24H23N5O2S/c1-2-29(20-10-3-4-13-26-20)21-12-11-18(23(25)27-21)24(31)28-22(19-9-6-14-32-19)16-7-5-8-17(30)15-16/h3-15,22,30H,2H2,1H3,(H2,25,27)(H,28,31). The summed E-state index contributed by atoms with van der Waals surface area (Å²) in [6.45, 7) is 2.64. The van der Waals surface area contributed by atoms with E-state index in [0.29, 0.717) is 12.4 Å². The highest BCUT2D eigenvalue weighted by Gasteiger charge is 2.22. The lowest BCUT2D eigenvalue weighted by molar-refractivity contribution is 0.0944. The van der Waals surface area contributed by atoms with Gasteiger partial charge in [0.2, 0.25) is 0 Å². The molecule has 4 aromatic rings. The zero-order valence-corrected chi connectivity index (χ0v) is 18.3. The van der Waals surface area contributed by atoms with Crippen LogP contribution in [0.2, 0.25) is 0 Å². The molecule has 1 amide bonds. The fourth-order valence-corrected chi connectivity index (χ4v) is 4.25. The average molecular weight is 446 g/mol. The quantitative estimate of drug-likeness (QED) is 0.387. The molecule has 0 spiro atoms. The number of pyridine rings is 2. The number of hydrogen-bond acceptors (Lipinski definition) is 7. The lowest BCUT2D eigenvalue weighted by Crippen LogP contribution is -2.30. The van der Waals surface area contributed by atoms with Crippen LogP contribution in [0.4, 0.5) is 17.5 Å². The first kappa shape index (κ1) is 21.3. The van der Waals surface area contributed by atoms with Crippen LogP contribution < -0.4 is 16.0 Å². The van der Waals surface area contributed by atoms with Crippen LogP contribution in [0.5, 0.6) is 5.75 Å². The topological polar surface area (TPSA) is 104 Å². The SMILES string of the molecule is CCN(c1ccccn1)c1ccc(C(=O)NC(c2cccc(O)c2)c2cccs2)c(N)n1. The number of aromatic nitrogens is 2. The molecule has 8 heteroatoms. The van der Waals surface area contributed by atoms with Gasteiger partial charge in [0.1, 0.15) is 23.2 Å². The molecule has 4 rings (SSSR count). The highest BCUT2D eigenvalue weighted by atomic mass is 32.1. The normalized spacial score (nSPS) is 11.7. The number of hydrogen-bond donors (Lipinski definition) is 3. The van der Waals surface area contributed by atoms with Crippen LogP contribution in [0, 0.1) is 0 Å². The highest BCUT2D eigenvalue weighted by Crippen LogP contribution is 2.29. The molecule has 0 saturated carbocycles. The second-order valence-corrected chi connectivity index (χ2v) is 8.03. The van der Waals surface area contributed by atoms with Crippen molar-refractivity contribution in [3.63, 3.8) is 0 Å². The van der Waals surface area contributed by atoms with Gasteiger partial charge in [-0.25, -0.2) is 9.97 Å². The van der Waals surface area contributed by atoms with Gasteiger partial charge in [-0.3, -0.25) is 4.79 Å². The molecule has 0 saturated heterocycles. The summed E-state index contributed by atoms with van der Waals surface area (Å²) in [5, 5.41) is 14.9. The number of carbonyl (C=O) groups is 1. The van der Waals surface area contributed by atoms with E-state index < -0.39 is 6.04 Å². The predicted octanol–water partition coefficient (Wildman–Crippen LogP) is 4.50. The molecule has 0 aliphatic rings. The van der Waals surface area contributed by atoms with Crippen molar-refractivity contribution in [3.05, 3.63) is 94.3 Å². The third kappa shape index (κ3) is 4.55. The summed E-state index contributed by atoms with van der Waals surface area (Å²) in [6.07, 6.45) is 1.72. The van der Waals surface area contributed by atoms with Gasteiger partial charge in [0, 0.05) is 17.6 Å². The Morgan fingerprint density at radius 2 is 2.00 bits per heavy atom. The predicted molar refractivity (Wildman–Crippen MR) is 127 cm³/mol. The van der Waals surface area contributed by atoms with Gasteiger partial charge in [-0.15, -0.1) is 11.3 Å². The van der Waals surface area contributed by atoms with E-state index in [4.69, 9.17) is 5.73 Å². The third-order valence-electron chi connectivity index (χ3n) is 4.98. The Morgan fingerprint density at radius 1 is 1.12 bits per heavy atom. The van der Waals surface area contributed by atoms with E-state index >= 15 is 0 Å². The number of benzene rings is 1. The van der Waals surface area contributed by atoms with Crippen molar-refractivity contribution >= 4 is 34.7 Å². The Bertz CT molecular complexity index is 1200. The minimum absolute atomic E-state index is 0.134. The summed E-state index contributed by atoms with van der Waals surface area (Å²) >= 11 is 1.52. The molecule has 3 heterocycles. The summed E-state index contributed by atoms with van der Waals surface area (Å²) in [5.41, 5.74) is 7.25. The molecule has 162 valence electrons. The molecule has 0 fully saturated rings. The molecule has 1 unspecified atom stereocenters. The van der Waals surface area contributed by atoms with E-state index in [2.05, 4.69) is 15.3 Å². The Hall–Kier alpha value is -3.91. The van der Waals surface area contributed by atoms with E-state index in [9.17, 15) is 9.90 Å². The molecule has 0 bridgehead atoms. The molecule has 4 N–H and O–H groups in total. The second kappa shape index (κ2) is 9.49. The number of carbonyl (C=O) groups excluding carboxylic acids is 1. The molecule has 32 heavy (non-hydrogen) atoms. The molecule has 1 aromatic carbocycles. The summed E-state index contributed by atoms with van der Waals surface area (Å²) < 4.78 is 0. The summed E-state index contributed by atoms with van der Waals surface area (Å²) in [6, 6.07) is 19.4. The van der Waals surface area contributed by atoms with Crippen LogP contribution in [0.25, 0.3) is 0 Å². The number of phenolic OH excluding ortho intramolecular Hbond substituents is 1. The van der Waals surface area contributed by atoms with Crippen LogP contribution in [0.1, 0.15) is 33.8 Å². The van der Waals surface area contributed by atoms with Crippen molar-refractivity contribution in [1.82, 2.24) is 15.3 Å². The van der Waals surface area contributed by atoms with Crippen LogP contribution in [-0.4, -0.2) is 27.5 Å². The van der Waals surface area contributed by atoms with Gasteiger partial charge in [0.15, 0.2) is 0 Å². The maximum atomic E-state index is 13.1. The number of nitrogen functional groups attached to an aromatic ring is 1. The number of nitrogens with zero attached hydrogens (tertiary/aromatic N) is 3. The van der Waals surface area contributed by atoms with Gasteiger partial charge in [-0.05, 0) is 60.3 Å². The molecule has 0 aliphatic heterocycles. The molecule has 0 radical (unpaired) electrons. The van der Waals surface area contributed by atoms with Gasteiger partial charge >= 0.3 is 0 Å². The van der Waals surface area contributed by atoms with Crippen molar-refractivity contribution < 1.29 is 9.90 Å². The third-order valence-corrected chi connectivity index (χ3v) is 5.92. The van der Waals surface area contributed by atoms with Crippen molar-refractivity contribution in [1.29, 1.82) is 0 Å². The summed E-state index contributed by atoms with van der Waals surface area (Å²) in [7, 11) is 0. The molecular weight excluding hydrogens is 422 g/mol. The van der Waals surface area contributed by atoms with E-state index in [0.717, 1.165) is 16.3 Å². The van der Waals surface area contributed by atoms with Crippen molar-refractivity contribution in [2.75, 3.05) is 17.2 Å². The van der Waals surface area contributed by atoms with Gasteiger partial charge in [0.25, 0.3) is 5.91 Å². The monoisotopic (exact) mass is 445 g/mol. The number of aromatic hydroxyl groups is 1. The Kier molecular flexibility index (Phi) is 6.32. The summed E-state index contributed by atoms with van der Waals surface area (Å²) in [4.78, 5) is 24.8. The molecule has 3 aromatic heterocycles. The Labute approximate surface area is 190 Å². The first-order valence-electron chi connectivity index (χ1n) is 10.1. The Morgan fingerprint density at radius 3 is 2.66 bits per heavy atom. The Balaban J connectivity index is 1.61. The number of amides is 1. The minimum Gasteiger partial charge on any atom is -0.508 e. The van der Waals surface area contributed by atoms with Crippen LogP contribution >= 0.6 is 11.3 Å². The second-order valence-electron chi connectivity index (χ2n) is 7.05. The van der Waals surface area contributed by atoms with Crippen molar-refractivity contribution in [2.45, 2.75) is 13.0 Å². The fourth-order valence-electron chi connectivity index (χ4n) is 3.45. The van der Waals surface area contributed by atoms with Crippen LogP contribution in [-0.2, 0) is 0 Å². The first-order valence-corrected chi connectivity index (χ1v) is 11.0. The molecule has 0 aliphatic carbocycles. The summed E-state index contributed by atoms with van der Waals surface area (Å²) in [5.74, 6) is 1.29. The van der Waals surface area contributed by atoms with Crippen LogP contribution in [0.15, 0.2) is 78.3 Å².